The molecule has 1 fully saturated rings. The summed E-state index contributed by atoms with van der Waals surface area (Å²) < 4.78 is 27.7. The number of carbonyl (C=O) groups excluding carboxylic acids is 1. The van der Waals surface area contributed by atoms with Gasteiger partial charge < -0.3 is 10.2 Å². The molecule has 0 aliphatic heterocycles. The number of benzene rings is 2. The molecule has 30 heavy (non-hydrogen) atoms. The first kappa shape index (κ1) is 22.5. The molecule has 6 nitrogen and oxygen atoms in total. The molecule has 1 aliphatic rings. The lowest BCUT2D eigenvalue weighted by Gasteiger charge is -2.25. The van der Waals surface area contributed by atoms with Crippen LogP contribution in [0.25, 0.3) is 0 Å². The van der Waals surface area contributed by atoms with Crippen LogP contribution in [0.1, 0.15) is 52.9 Å². The number of sulfonamides is 1. The number of rotatable bonds is 9. The zero-order chi connectivity index (χ0) is 21.9. The van der Waals surface area contributed by atoms with Crippen LogP contribution in [0, 0.1) is 6.92 Å². The molecule has 2 aromatic rings. The molecule has 2 aromatic carbocycles. The average Bonchev–Trinajstić information content (AvgIpc) is 3.51. The molecule has 0 aromatic heterocycles. The Morgan fingerprint density at radius 1 is 1.13 bits per heavy atom. The number of hydrogen-bond acceptors (Lipinski definition) is 4. The number of amides is 1. The van der Waals surface area contributed by atoms with Gasteiger partial charge in [-0.3, -0.25) is 4.79 Å². The third kappa shape index (κ3) is 5.47. The number of likely N-dealkylation sites (N-methyl/N-ethyl adjacent to an activating group) is 1. The Balaban J connectivity index is 1.74. The van der Waals surface area contributed by atoms with E-state index in [0.29, 0.717) is 12.1 Å². The fourth-order valence-electron chi connectivity index (χ4n) is 3.36. The highest BCUT2D eigenvalue weighted by Gasteiger charge is 2.28. The predicted molar refractivity (Wildman–Crippen MR) is 119 cm³/mol. The van der Waals surface area contributed by atoms with Crippen molar-refractivity contribution in [2.45, 2.75) is 50.1 Å². The van der Waals surface area contributed by atoms with E-state index in [1.807, 2.05) is 21.0 Å². The Kier molecular flexibility index (Phi) is 6.95. The van der Waals surface area contributed by atoms with Gasteiger partial charge in [-0.1, -0.05) is 37.3 Å². The first-order valence-electron chi connectivity index (χ1n) is 10.4. The van der Waals surface area contributed by atoms with E-state index >= 15 is 0 Å². The second-order valence-electron chi connectivity index (χ2n) is 8.16. The lowest BCUT2D eigenvalue weighted by Crippen LogP contribution is -2.35. The first-order valence-corrected chi connectivity index (χ1v) is 11.9. The van der Waals surface area contributed by atoms with Gasteiger partial charge in [-0.05, 0) is 69.1 Å². The van der Waals surface area contributed by atoms with Gasteiger partial charge in [0, 0.05) is 18.2 Å². The molecule has 1 amide bonds. The summed E-state index contributed by atoms with van der Waals surface area (Å²) in [5.41, 5.74) is 3.52. The molecular weight excluding hydrogens is 398 g/mol. The molecule has 1 aliphatic carbocycles. The van der Waals surface area contributed by atoms with Crippen molar-refractivity contribution >= 4 is 15.9 Å². The summed E-state index contributed by atoms with van der Waals surface area (Å²) >= 11 is 0. The van der Waals surface area contributed by atoms with Crippen LogP contribution in [0.2, 0.25) is 0 Å². The summed E-state index contributed by atoms with van der Waals surface area (Å²) in [5, 5.41) is 2.98. The molecule has 3 rings (SSSR count). The number of nitrogens with zero attached hydrogens (tertiary/aromatic N) is 1. The SMILES string of the molecule is CCc1ccc([C@@H](CNC(=O)c2cc(S(=O)(=O)NC3CC3)ccc2C)N(C)C)cc1. The molecule has 0 unspecified atom stereocenters. The second-order valence-corrected chi connectivity index (χ2v) is 9.87. The number of hydrogen-bond donors (Lipinski definition) is 2. The standard InChI is InChI=1S/C23H31N3O3S/c1-5-17-7-9-18(10-8-17)22(26(3)4)15-24-23(27)21-14-20(13-6-16(21)2)30(28,29)25-19-11-12-19/h6-10,13-14,19,22,25H,5,11-12,15H2,1-4H3,(H,24,27)/t22-/m1/s1. The molecule has 0 spiro atoms. The highest BCUT2D eigenvalue weighted by atomic mass is 32.2. The van der Waals surface area contributed by atoms with Crippen molar-refractivity contribution in [3.05, 3.63) is 64.7 Å². The lowest BCUT2D eigenvalue weighted by atomic mass is 10.0. The van der Waals surface area contributed by atoms with Gasteiger partial charge in [0.1, 0.15) is 0 Å². The monoisotopic (exact) mass is 429 g/mol. The Bertz CT molecular complexity index is 997. The van der Waals surface area contributed by atoms with Gasteiger partial charge in [0.05, 0.1) is 10.9 Å². The van der Waals surface area contributed by atoms with E-state index in [1.54, 1.807) is 12.1 Å². The molecule has 1 atom stereocenters. The molecular formula is C23H31N3O3S. The Labute approximate surface area is 179 Å². The summed E-state index contributed by atoms with van der Waals surface area (Å²) in [6, 6.07) is 13.2. The molecule has 162 valence electrons. The Morgan fingerprint density at radius 3 is 2.37 bits per heavy atom. The number of carbonyl (C=O) groups is 1. The van der Waals surface area contributed by atoms with E-state index in [1.165, 1.54) is 11.6 Å². The topological polar surface area (TPSA) is 78.5 Å². The van der Waals surface area contributed by atoms with E-state index in [-0.39, 0.29) is 22.9 Å². The van der Waals surface area contributed by atoms with Gasteiger partial charge in [0.2, 0.25) is 10.0 Å². The fourth-order valence-corrected chi connectivity index (χ4v) is 4.69. The maximum absolute atomic E-state index is 12.9. The maximum atomic E-state index is 12.9. The van der Waals surface area contributed by atoms with Gasteiger partial charge in [-0.15, -0.1) is 0 Å². The summed E-state index contributed by atoms with van der Waals surface area (Å²) in [4.78, 5) is 15.1. The van der Waals surface area contributed by atoms with Crippen LogP contribution in [0.4, 0.5) is 0 Å². The molecule has 7 heteroatoms. The van der Waals surface area contributed by atoms with Crippen LogP contribution in [0.15, 0.2) is 47.4 Å². The quantitative estimate of drug-likeness (QED) is 0.642. The molecule has 2 N–H and O–H groups in total. The minimum absolute atomic E-state index is 0.0172. The van der Waals surface area contributed by atoms with E-state index in [2.05, 4.69) is 46.1 Å². The lowest BCUT2D eigenvalue weighted by molar-refractivity contribution is 0.0941. The second kappa shape index (κ2) is 9.29. The molecule has 0 heterocycles. The van der Waals surface area contributed by atoms with Gasteiger partial charge >= 0.3 is 0 Å². The smallest absolute Gasteiger partial charge is 0.251 e. The summed E-state index contributed by atoms with van der Waals surface area (Å²) in [7, 11) is 0.355. The van der Waals surface area contributed by atoms with Crippen molar-refractivity contribution in [2.24, 2.45) is 0 Å². The minimum atomic E-state index is -3.60. The van der Waals surface area contributed by atoms with E-state index < -0.39 is 10.0 Å². The third-order valence-electron chi connectivity index (χ3n) is 5.52. The first-order chi connectivity index (χ1) is 14.2. The average molecular weight is 430 g/mol. The molecule has 1 saturated carbocycles. The number of nitrogens with one attached hydrogen (secondary N) is 2. The Morgan fingerprint density at radius 2 is 1.80 bits per heavy atom. The third-order valence-corrected chi connectivity index (χ3v) is 7.03. The van der Waals surface area contributed by atoms with Crippen molar-refractivity contribution in [3.63, 3.8) is 0 Å². The van der Waals surface area contributed by atoms with Crippen molar-refractivity contribution in [2.75, 3.05) is 20.6 Å². The molecule has 0 saturated heterocycles. The van der Waals surface area contributed by atoms with Crippen LogP contribution in [-0.2, 0) is 16.4 Å². The van der Waals surface area contributed by atoms with Crippen molar-refractivity contribution < 1.29 is 13.2 Å². The fraction of sp³-hybridized carbons (Fsp3) is 0.435. The van der Waals surface area contributed by atoms with Gasteiger partial charge in [-0.2, -0.15) is 0 Å². The molecule has 0 radical (unpaired) electrons. The normalized spacial score (nSPS) is 15.2. The largest absolute Gasteiger partial charge is 0.350 e. The van der Waals surface area contributed by atoms with E-state index in [0.717, 1.165) is 30.4 Å². The van der Waals surface area contributed by atoms with E-state index in [9.17, 15) is 13.2 Å². The van der Waals surface area contributed by atoms with Crippen LogP contribution in [-0.4, -0.2) is 45.9 Å². The summed E-state index contributed by atoms with van der Waals surface area (Å²) in [6.07, 6.45) is 2.71. The van der Waals surface area contributed by atoms with Crippen molar-refractivity contribution in [1.82, 2.24) is 14.9 Å². The Hall–Kier alpha value is -2.22. The van der Waals surface area contributed by atoms with E-state index in [4.69, 9.17) is 0 Å². The molecule has 0 bridgehead atoms. The van der Waals surface area contributed by atoms with Crippen LogP contribution < -0.4 is 10.0 Å². The van der Waals surface area contributed by atoms with Crippen LogP contribution in [0.3, 0.4) is 0 Å². The van der Waals surface area contributed by atoms with Crippen LogP contribution >= 0.6 is 0 Å². The predicted octanol–water partition coefficient (Wildman–Crippen LogP) is 3.03. The van der Waals surface area contributed by atoms with Crippen molar-refractivity contribution in [1.29, 1.82) is 0 Å². The number of aryl methyl sites for hydroxylation is 2. The van der Waals surface area contributed by atoms with Crippen molar-refractivity contribution in [3.8, 4) is 0 Å². The summed E-state index contributed by atoms with van der Waals surface area (Å²) in [6.45, 7) is 4.36. The van der Waals surface area contributed by atoms with Gasteiger partial charge in [0.15, 0.2) is 0 Å². The zero-order valence-electron chi connectivity index (χ0n) is 18.1. The highest BCUT2D eigenvalue weighted by molar-refractivity contribution is 7.89. The maximum Gasteiger partial charge on any atom is 0.251 e. The van der Waals surface area contributed by atoms with Crippen LogP contribution in [0.5, 0.6) is 0 Å². The summed E-state index contributed by atoms with van der Waals surface area (Å²) in [5.74, 6) is -0.270. The van der Waals surface area contributed by atoms with Gasteiger partial charge in [-0.25, -0.2) is 13.1 Å². The minimum Gasteiger partial charge on any atom is -0.350 e. The highest BCUT2D eigenvalue weighted by Crippen LogP contribution is 2.24. The zero-order valence-corrected chi connectivity index (χ0v) is 18.9. The van der Waals surface area contributed by atoms with Gasteiger partial charge in [0.25, 0.3) is 5.91 Å².